The van der Waals surface area contributed by atoms with E-state index in [0.717, 1.165) is 6.42 Å². The van der Waals surface area contributed by atoms with Gasteiger partial charge >= 0.3 is 0 Å². The van der Waals surface area contributed by atoms with Gasteiger partial charge in [-0.15, -0.1) is 0 Å². The van der Waals surface area contributed by atoms with E-state index in [2.05, 4.69) is 24.5 Å². The third-order valence-electron chi connectivity index (χ3n) is 4.46. The number of carbonyl (C=O) groups excluding carboxylic acids is 1. The Hall–Kier alpha value is -1.21. The second kappa shape index (κ2) is 21.8. The molecular weight excluding hydrogens is 292 g/mol. The normalized spacial score (nSPS) is 9.71. The fourth-order valence-corrected chi connectivity index (χ4v) is 2.95. The van der Waals surface area contributed by atoms with E-state index in [1.54, 1.807) is 5.94 Å². The summed E-state index contributed by atoms with van der Waals surface area (Å²) in [6.07, 6.45) is 24.7. The van der Waals surface area contributed by atoms with Crippen LogP contribution in [-0.4, -0.2) is 5.94 Å². The molecule has 0 radical (unpaired) electrons. The predicted octanol–water partition coefficient (Wildman–Crippen LogP) is 7.18. The summed E-state index contributed by atoms with van der Waals surface area (Å²) in [5, 5.41) is 0. The van der Waals surface area contributed by atoms with Gasteiger partial charge in [0, 0.05) is 12.5 Å². The van der Waals surface area contributed by atoms with Crippen molar-refractivity contribution in [2.45, 2.75) is 116 Å². The lowest BCUT2D eigenvalue weighted by atomic mass is 10.0. The van der Waals surface area contributed by atoms with Crippen molar-refractivity contribution >= 4 is 5.94 Å². The van der Waals surface area contributed by atoms with Gasteiger partial charge in [0.15, 0.2) is 5.94 Å². The molecule has 0 heterocycles. The van der Waals surface area contributed by atoms with E-state index in [0.29, 0.717) is 0 Å². The fourth-order valence-electron chi connectivity index (χ4n) is 2.95. The zero-order chi connectivity index (χ0) is 17.6. The largest absolute Gasteiger partial charge is 0.224 e. The summed E-state index contributed by atoms with van der Waals surface area (Å²) in [4.78, 5) is 9.86. The lowest BCUT2D eigenvalue weighted by molar-refractivity contribution is 0.530. The molecule has 0 atom stereocenters. The third-order valence-corrected chi connectivity index (χ3v) is 4.46. The molecule has 24 heavy (non-hydrogen) atoms. The van der Waals surface area contributed by atoms with Crippen molar-refractivity contribution in [2.75, 3.05) is 0 Å². The molecule has 0 saturated heterocycles. The number of rotatable bonds is 16. The van der Waals surface area contributed by atoms with Crippen LogP contribution < -0.4 is 0 Å². The molecule has 136 valence electrons. The summed E-state index contributed by atoms with van der Waals surface area (Å²) >= 11 is 0. The van der Waals surface area contributed by atoms with E-state index in [9.17, 15) is 4.79 Å². The van der Waals surface area contributed by atoms with Crippen LogP contribution in [-0.2, 0) is 4.79 Å². The van der Waals surface area contributed by atoms with Gasteiger partial charge in [-0.2, -0.15) is 0 Å². The van der Waals surface area contributed by atoms with Gasteiger partial charge in [0.2, 0.25) is 0 Å². The first kappa shape index (κ1) is 22.8. The first-order valence-electron chi connectivity index (χ1n) is 10.3. The van der Waals surface area contributed by atoms with E-state index < -0.39 is 0 Å². The summed E-state index contributed by atoms with van der Waals surface area (Å²) in [6, 6.07) is 0. The second-order valence-electron chi connectivity index (χ2n) is 6.77. The summed E-state index contributed by atoms with van der Waals surface area (Å²) in [5.41, 5.74) is 2.30. The van der Waals surface area contributed by atoms with Crippen LogP contribution in [0.2, 0.25) is 0 Å². The molecule has 0 aliphatic heterocycles. The zero-order valence-corrected chi connectivity index (χ0v) is 16.0. The second-order valence-corrected chi connectivity index (χ2v) is 6.77. The van der Waals surface area contributed by atoms with Gasteiger partial charge in [-0.05, 0) is 12.2 Å². The van der Waals surface area contributed by atoms with E-state index in [-0.39, 0.29) is 0 Å². The van der Waals surface area contributed by atoms with E-state index in [1.807, 2.05) is 0 Å². The first-order valence-corrected chi connectivity index (χ1v) is 10.3. The molecule has 0 bridgehead atoms. The first-order chi connectivity index (χ1) is 11.9. The molecule has 0 amide bonds. The van der Waals surface area contributed by atoms with Crippen molar-refractivity contribution in [3.8, 4) is 11.8 Å². The standard InChI is InChI=1S/C23H38O/c1-2-3-4-5-6-7-8-9-10-11-12-13-14-15-16-17-18-19-20-21-22-23-24/h21H,2-18H2,1H3. The quantitative estimate of drug-likeness (QED) is 0.127. The van der Waals surface area contributed by atoms with Crippen molar-refractivity contribution in [2.24, 2.45) is 0 Å². The molecule has 1 nitrogen and oxygen atoms in total. The SMILES string of the molecule is CCCCCCCCCCCCCCCCCCC#CC=C=C=O. The van der Waals surface area contributed by atoms with Crippen molar-refractivity contribution in [1.29, 1.82) is 0 Å². The van der Waals surface area contributed by atoms with Crippen molar-refractivity contribution < 1.29 is 4.79 Å². The molecule has 0 aliphatic rings. The Morgan fingerprint density at radius 2 is 1.04 bits per heavy atom. The molecule has 0 spiro atoms. The van der Waals surface area contributed by atoms with E-state index in [1.165, 1.54) is 109 Å². The molecule has 0 saturated carbocycles. The molecule has 1 heteroatoms. The molecule has 0 unspecified atom stereocenters. The Kier molecular flexibility index (Phi) is 20.7. The summed E-state index contributed by atoms with van der Waals surface area (Å²) in [6.45, 7) is 2.28. The van der Waals surface area contributed by atoms with Crippen LogP contribution in [0.15, 0.2) is 11.8 Å². The highest BCUT2D eigenvalue weighted by atomic mass is 16.1. The highest BCUT2D eigenvalue weighted by Gasteiger charge is 1.94. The van der Waals surface area contributed by atoms with Gasteiger partial charge in [-0.1, -0.05) is 115 Å². The van der Waals surface area contributed by atoms with Crippen LogP contribution in [0.1, 0.15) is 116 Å². The highest BCUT2D eigenvalue weighted by molar-refractivity contribution is 5.45. The Labute approximate surface area is 151 Å². The summed E-state index contributed by atoms with van der Waals surface area (Å²) in [5.74, 6) is 7.38. The maximum absolute atomic E-state index is 9.86. The molecule has 0 aromatic carbocycles. The number of unbranched alkanes of at least 4 members (excludes halogenated alkanes) is 16. The van der Waals surface area contributed by atoms with Gasteiger partial charge in [0.1, 0.15) is 0 Å². The summed E-state index contributed by atoms with van der Waals surface area (Å²) < 4.78 is 0. The smallest absolute Gasteiger partial charge is 0.177 e. The zero-order valence-electron chi connectivity index (χ0n) is 16.0. The third kappa shape index (κ3) is 20.8. The highest BCUT2D eigenvalue weighted by Crippen LogP contribution is 2.13. The minimum absolute atomic E-state index is 0.926. The molecule has 0 aromatic heterocycles. The molecule has 0 aromatic rings. The van der Waals surface area contributed by atoms with Gasteiger partial charge in [0.25, 0.3) is 0 Å². The average molecular weight is 331 g/mol. The Morgan fingerprint density at radius 3 is 1.46 bits per heavy atom. The van der Waals surface area contributed by atoms with Crippen LogP contribution in [0.5, 0.6) is 0 Å². The van der Waals surface area contributed by atoms with E-state index in [4.69, 9.17) is 0 Å². The van der Waals surface area contributed by atoms with Gasteiger partial charge in [-0.25, -0.2) is 4.79 Å². The van der Waals surface area contributed by atoms with Crippen LogP contribution in [0, 0.1) is 11.8 Å². The fraction of sp³-hybridized carbons (Fsp3) is 0.783. The molecular formula is C23H38O. The lowest BCUT2D eigenvalue weighted by Gasteiger charge is -2.03. The Bertz CT molecular complexity index is 386. The monoisotopic (exact) mass is 330 g/mol. The average Bonchev–Trinajstić information content (AvgIpc) is 2.60. The maximum atomic E-state index is 9.86. The predicted molar refractivity (Wildman–Crippen MR) is 106 cm³/mol. The number of hydrogen-bond donors (Lipinski definition) is 0. The molecule has 0 rings (SSSR count). The number of allylic oxidation sites excluding steroid dienone is 1. The molecule has 0 aliphatic carbocycles. The Morgan fingerprint density at radius 1 is 0.625 bits per heavy atom. The van der Waals surface area contributed by atoms with Crippen molar-refractivity contribution in [3.05, 3.63) is 11.8 Å². The minimum Gasteiger partial charge on any atom is -0.224 e. The van der Waals surface area contributed by atoms with Crippen molar-refractivity contribution in [1.82, 2.24) is 0 Å². The molecule has 0 N–H and O–H groups in total. The Balaban J connectivity index is 3.08. The lowest BCUT2D eigenvalue weighted by Crippen LogP contribution is -1.83. The van der Waals surface area contributed by atoms with Gasteiger partial charge < -0.3 is 0 Å². The topological polar surface area (TPSA) is 17.1 Å². The van der Waals surface area contributed by atoms with Gasteiger partial charge in [0.05, 0.1) is 0 Å². The van der Waals surface area contributed by atoms with Crippen LogP contribution in [0.25, 0.3) is 0 Å². The van der Waals surface area contributed by atoms with Crippen LogP contribution >= 0.6 is 0 Å². The molecule has 0 fully saturated rings. The number of hydrogen-bond acceptors (Lipinski definition) is 1. The van der Waals surface area contributed by atoms with Crippen molar-refractivity contribution in [3.63, 3.8) is 0 Å². The maximum Gasteiger partial charge on any atom is 0.177 e. The summed E-state index contributed by atoms with van der Waals surface area (Å²) in [7, 11) is 0. The van der Waals surface area contributed by atoms with E-state index >= 15 is 0 Å². The van der Waals surface area contributed by atoms with Crippen LogP contribution in [0.4, 0.5) is 0 Å². The van der Waals surface area contributed by atoms with Gasteiger partial charge in [-0.3, -0.25) is 0 Å². The minimum atomic E-state index is 0.926. The van der Waals surface area contributed by atoms with Crippen LogP contribution in [0.3, 0.4) is 0 Å².